The van der Waals surface area contributed by atoms with Crippen molar-refractivity contribution in [3.05, 3.63) is 83.9 Å². The number of anilines is 3. The molecule has 1 heterocycles. The number of carboxylic acids is 1. The first-order valence-electron chi connectivity index (χ1n) is 9.28. The van der Waals surface area contributed by atoms with E-state index in [1.165, 1.54) is 24.3 Å². The Morgan fingerprint density at radius 1 is 0.839 bits per heavy atom. The number of sulfonamides is 1. The van der Waals surface area contributed by atoms with E-state index < -0.39 is 16.0 Å². The monoisotopic (exact) mass is 434 g/mol. The summed E-state index contributed by atoms with van der Waals surface area (Å²) in [6.07, 6.45) is 0. The van der Waals surface area contributed by atoms with Crippen molar-refractivity contribution in [2.45, 2.75) is 11.8 Å². The Morgan fingerprint density at radius 2 is 1.42 bits per heavy atom. The summed E-state index contributed by atoms with van der Waals surface area (Å²) in [4.78, 5) is 20.1. The van der Waals surface area contributed by atoms with Crippen LogP contribution in [0.4, 0.5) is 17.3 Å². The van der Waals surface area contributed by atoms with Crippen molar-refractivity contribution in [2.75, 3.05) is 10.0 Å². The Bertz CT molecular complexity index is 1370. The summed E-state index contributed by atoms with van der Waals surface area (Å²) in [6, 6.07) is 19.6. The zero-order chi connectivity index (χ0) is 22.0. The number of nitrogens with one attached hydrogen (secondary N) is 2. The molecule has 8 nitrogen and oxygen atoms in total. The van der Waals surface area contributed by atoms with Gasteiger partial charge in [0.1, 0.15) is 0 Å². The van der Waals surface area contributed by atoms with Gasteiger partial charge in [0, 0.05) is 5.69 Å². The number of benzene rings is 3. The Balaban J connectivity index is 1.74. The van der Waals surface area contributed by atoms with Crippen LogP contribution in [0, 0.1) is 6.92 Å². The van der Waals surface area contributed by atoms with Crippen LogP contribution in [0.1, 0.15) is 15.9 Å². The molecule has 0 amide bonds. The van der Waals surface area contributed by atoms with Gasteiger partial charge in [0.15, 0.2) is 11.6 Å². The first-order valence-corrected chi connectivity index (χ1v) is 10.8. The standard InChI is InChI=1S/C22H18N4O4S/c1-14-6-12-17(13-7-14)31(29,30)26-21-20(24-18-4-2-3-5-19(18)25-21)23-16-10-8-15(9-11-16)22(27)28/h2-13H,1H3,(H,23,24)(H,25,26)(H,27,28). The van der Waals surface area contributed by atoms with Crippen LogP contribution < -0.4 is 10.0 Å². The van der Waals surface area contributed by atoms with E-state index >= 15 is 0 Å². The third-order valence-electron chi connectivity index (χ3n) is 4.53. The molecule has 0 saturated heterocycles. The third kappa shape index (κ3) is 4.46. The fourth-order valence-electron chi connectivity index (χ4n) is 2.89. The third-order valence-corrected chi connectivity index (χ3v) is 5.88. The Labute approximate surface area is 178 Å². The topological polar surface area (TPSA) is 121 Å². The average Bonchev–Trinajstić information content (AvgIpc) is 2.74. The molecule has 156 valence electrons. The lowest BCUT2D eigenvalue weighted by Crippen LogP contribution is -2.16. The van der Waals surface area contributed by atoms with Gasteiger partial charge in [-0.2, -0.15) is 0 Å². The van der Waals surface area contributed by atoms with E-state index in [4.69, 9.17) is 5.11 Å². The maximum absolute atomic E-state index is 12.9. The van der Waals surface area contributed by atoms with Crippen LogP contribution in [0.3, 0.4) is 0 Å². The minimum atomic E-state index is -3.90. The molecule has 9 heteroatoms. The van der Waals surface area contributed by atoms with Crippen molar-refractivity contribution in [1.29, 1.82) is 0 Å². The maximum Gasteiger partial charge on any atom is 0.335 e. The minimum absolute atomic E-state index is 0.0292. The Kier molecular flexibility index (Phi) is 5.26. The molecule has 0 aliphatic rings. The molecular weight excluding hydrogens is 416 g/mol. The predicted octanol–water partition coefficient (Wildman–Crippen LogP) is 4.18. The number of hydrogen-bond donors (Lipinski definition) is 3. The summed E-state index contributed by atoms with van der Waals surface area (Å²) < 4.78 is 28.3. The molecule has 3 N–H and O–H groups in total. The number of carbonyl (C=O) groups is 1. The highest BCUT2D eigenvalue weighted by Crippen LogP contribution is 2.27. The van der Waals surface area contributed by atoms with E-state index in [1.54, 1.807) is 48.5 Å². The molecule has 1 aromatic heterocycles. The van der Waals surface area contributed by atoms with Gasteiger partial charge in [-0.05, 0) is 55.5 Å². The number of carboxylic acid groups (broad SMARTS) is 1. The largest absolute Gasteiger partial charge is 0.478 e. The van der Waals surface area contributed by atoms with E-state index in [2.05, 4.69) is 20.0 Å². The van der Waals surface area contributed by atoms with Crippen molar-refractivity contribution < 1.29 is 18.3 Å². The fourth-order valence-corrected chi connectivity index (χ4v) is 3.90. The van der Waals surface area contributed by atoms with Crippen molar-refractivity contribution in [2.24, 2.45) is 0 Å². The molecule has 0 spiro atoms. The number of aromatic nitrogens is 2. The number of hydrogen-bond acceptors (Lipinski definition) is 6. The lowest BCUT2D eigenvalue weighted by atomic mass is 10.2. The molecular formula is C22H18N4O4S. The van der Waals surface area contributed by atoms with Crippen LogP contribution in [0.2, 0.25) is 0 Å². The van der Waals surface area contributed by atoms with Gasteiger partial charge in [-0.3, -0.25) is 4.72 Å². The van der Waals surface area contributed by atoms with Crippen LogP contribution >= 0.6 is 0 Å². The van der Waals surface area contributed by atoms with Crippen LogP contribution in [0.25, 0.3) is 11.0 Å². The molecule has 0 aliphatic carbocycles. The van der Waals surface area contributed by atoms with Crippen LogP contribution in [0.5, 0.6) is 0 Å². The number of rotatable bonds is 6. The second-order valence-corrected chi connectivity index (χ2v) is 8.52. The molecule has 4 rings (SSSR count). The molecule has 4 aromatic rings. The second kappa shape index (κ2) is 8.04. The quantitative estimate of drug-likeness (QED) is 0.416. The minimum Gasteiger partial charge on any atom is -0.478 e. The number of para-hydroxylation sites is 2. The van der Waals surface area contributed by atoms with Crippen molar-refractivity contribution in [1.82, 2.24) is 9.97 Å². The van der Waals surface area contributed by atoms with Gasteiger partial charge in [-0.1, -0.05) is 29.8 Å². The van der Waals surface area contributed by atoms with Crippen LogP contribution in [-0.4, -0.2) is 29.5 Å². The number of nitrogens with zero attached hydrogens (tertiary/aromatic N) is 2. The molecule has 0 radical (unpaired) electrons. The van der Waals surface area contributed by atoms with E-state index in [1.807, 2.05) is 6.92 Å². The zero-order valence-corrected chi connectivity index (χ0v) is 17.2. The van der Waals surface area contributed by atoms with Gasteiger partial charge < -0.3 is 10.4 Å². The summed E-state index contributed by atoms with van der Waals surface area (Å²) in [6.45, 7) is 1.87. The normalized spacial score (nSPS) is 11.3. The summed E-state index contributed by atoms with van der Waals surface area (Å²) in [7, 11) is -3.90. The summed E-state index contributed by atoms with van der Waals surface area (Å²) in [5.74, 6) is -0.817. The van der Waals surface area contributed by atoms with Crippen molar-refractivity contribution in [3.8, 4) is 0 Å². The maximum atomic E-state index is 12.9. The Hall–Kier alpha value is -3.98. The van der Waals surface area contributed by atoms with Gasteiger partial charge in [0.25, 0.3) is 10.0 Å². The molecule has 0 atom stereocenters. The summed E-state index contributed by atoms with van der Waals surface area (Å²) in [5, 5.41) is 12.1. The van der Waals surface area contributed by atoms with E-state index in [0.717, 1.165) is 5.56 Å². The van der Waals surface area contributed by atoms with Gasteiger partial charge in [0.05, 0.1) is 21.5 Å². The lowest BCUT2D eigenvalue weighted by molar-refractivity contribution is 0.0697. The van der Waals surface area contributed by atoms with Gasteiger partial charge in [-0.25, -0.2) is 23.2 Å². The average molecular weight is 434 g/mol. The molecule has 0 unspecified atom stereocenters. The fraction of sp³-hybridized carbons (Fsp3) is 0.0455. The highest BCUT2D eigenvalue weighted by Gasteiger charge is 2.19. The van der Waals surface area contributed by atoms with Crippen LogP contribution in [-0.2, 0) is 10.0 Å². The molecule has 31 heavy (non-hydrogen) atoms. The summed E-state index contributed by atoms with van der Waals surface area (Å²) >= 11 is 0. The molecule has 0 aliphatic heterocycles. The Morgan fingerprint density at radius 3 is 2.00 bits per heavy atom. The highest BCUT2D eigenvalue weighted by atomic mass is 32.2. The molecule has 0 saturated carbocycles. The smallest absolute Gasteiger partial charge is 0.335 e. The van der Waals surface area contributed by atoms with E-state index in [-0.39, 0.29) is 22.1 Å². The van der Waals surface area contributed by atoms with Crippen LogP contribution in [0.15, 0.2) is 77.7 Å². The van der Waals surface area contributed by atoms with Crippen molar-refractivity contribution in [3.63, 3.8) is 0 Å². The number of aryl methyl sites for hydroxylation is 1. The summed E-state index contributed by atoms with van der Waals surface area (Å²) in [5.41, 5.74) is 2.71. The SMILES string of the molecule is Cc1ccc(S(=O)(=O)Nc2nc3ccccc3nc2Nc2ccc(C(=O)O)cc2)cc1. The predicted molar refractivity (Wildman–Crippen MR) is 118 cm³/mol. The number of aromatic carboxylic acids is 1. The van der Waals surface area contributed by atoms with Gasteiger partial charge in [0.2, 0.25) is 0 Å². The molecule has 0 bridgehead atoms. The lowest BCUT2D eigenvalue weighted by Gasteiger charge is -2.14. The highest BCUT2D eigenvalue weighted by molar-refractivity contribution is 7.92. The van der Waals surface area contributed by atoms with Crippen molar-refractivity contribution >= 4 is 44.3 Å². The molecule has 0 fully saturated rings. The van der Waals surface area contributed by atoms with E-state index in [0.29, 0.717) is 16.7 Å². The number of fused-ring (bicyclic) bond motifs is 1. The zero-order valence-electron chi connectivity index (χ0n) is 16.4. The first-order chi connectivity index (χ1) is 14.8. The second-order valence-electron chi connectivity index (χ2n) is 6.84. The molecule has 3 aromatic carbocycles. The van der Waals surface area contributed by atoms with E-state index in [9.17, 15) is 13.2 Å². The van der Waals surface area contributed by atoms with Gasteiger partial charge >= 0.3 is 5.97 Å². The van der Waals surface area contributed by atoms with Gasteiger partial charge in [-0.15, -0.1) is 0 Å². The first kappa shape index (κ1) is 20.3.